The molecule has 0 aliphatic carbocycles. The lowest BCUT2D eigenvalue weighted by Crippen LogP contribution is -2.30. The summed E-state index contributed by atoms with van der Waals surface area (Å²) in [6.45, 7) is 4.69. The Morgan fingerprint density at radius 3 is 0.778 bits per heavy atom. The van der Waals surface area contributed by atoms with Crippen LogP contribution in [-0.4, -0.2) is 96.7 Å². The summed E-state index contributed by atoms with van der Waals surface area (Å²) in [5.41, 5.74) is 0. The Bertz CT molecular complexity index is 2520. The SMILES string of the molecule is CC/C=C\C/C=C\C/C=C\C/C=C\CCCCC(=O)OCC(COP(=O)(O)OCC(O)COP(=O)(O)OCC(COC(=O)CCCCCCCC/C=C\C/C=C\C/C=C\CCCCC)OC(=O)CCCCCCCC/C=C\C/C=C\C/C=C\CCCCC)OC(=O)CCCCCCCCCCCCCCCCC. The van der Waals surface area contributed by atoms with Crippen LogP contribution in [0.4, 0.5) is 0 Å². The predicted octanol–water partition coefficient (Wildman–Crippen LogP) is 25.5. The summed E-state index contributed by atoms with van der Waals surface area (Å²) in [5.74, 6) is -2.23. The Kier molecular flexibility index (Phi) is 77.1. The molecular weight excluding hydrogens is 1400 g/mol. The van der Waals surface area contributed by atoms with E-state index >= 15 is 0 Å². The normalized spacial score (nSPS) is 14.4. The van der Waals surface area contributed by atoms with Crippen LogP contribution in [0, 0.1) is 0 Å². The van der Waals surface area contributed by atoms with Gasteiger partial charge in [-0.15, -0.1) is 0 Å². The molecule has 0 bridgehead atoms. The van der Waals surface area contributed by atoms with Gasteiger partial charge in [0.15, 0.2) is 12.2 Å². The van der Waals surface area contributed by atoms with Gasteiger partial charge in [-0.3, -0.25) is 37.3 Å². The number of ether oxygens (including phenoxy) is 4. The van der Waals surface area contributed by atoms with E-state index in [0.717, 1.165) is 180 Å². The second kappa shape index (κ2) is 80.5. The number of phosphoric ester groups is 2. The molecule has 0 aliphatic heterocycles. The molecule has 622 valence electrons. The monoisotopic (exact) mass is 1560 g/mol. The number of carbonyl (C=O) groups excluding carboxylic acids is 4. The molecule has 0 saturated heterocycles. The van der Waals surface area contributed by atoms with Crippen LogP contribution in [0.1, 0.15) is 362 Å². The van der Waals surface area contributed by atoms with E-state index in [1.165, 1.54) is 103 Å². The summed E-state index contributed by atoms with van der Waals surface area (Å²) in [4.78, 5) is 73.2. The molecule has 0 saturated carbocycles. The fourth-order valence-electron chi connectivity index (χ4n) is 11.4. The van der Waals surface area contributed by atoms with E-state index in [1.807, 2.05) is 0 Å². The van der Waals surface area contributed by atoms with Gasteiger partial charge in [-0.1, -0.05) is 316 Å². The van der Waals surface area contributed by atoms with E-state index in [1.54, 1.807) is 0 Å². The van der Waals surface area contributed by atoms with Crippen molar-refractivity contribution < 1.29 is 80.2 Å². The van der Waals surface area contributed by atoms with Crippen LogP contribution in [0.25, 0.3) is 0 Å². The quantitative estimate of drug-likeness (QED) is 0.0169. The lowest BCUT2D eigenvalue weighted by Gasteiger charge is -2.21. The van der Waals surface area contributed by atoms with Crippen molar-refractivity contribution in [1.29, 1.82) is 0 Å². The Balaban J connectivity index is 5.42. The highest BCUT2D eigenvalue weighted by atomic mass is 31.2. The number of aliphatic hydroxyl groups is 1. The maximum atomic E-state index is 13.1. The number of phosphoric acid groups is 2. The van der Waals surface area contributed by atoms with Crippen molar-refractivity contribution in [3.8, 4) is 0 Å². The topological polar surface area (TPSA) is 237 Å². The fourth-order valence-corrected chi connectivity index (χ4v) is 13.0. The average molecular weight is 1560 g/mol. The van der Waals surface area contributed by atoms with Gasteiger partial charge in [-0.25, -0.2) is 9.13 Å². The van der Waals surface area contributed by atoms with E-state index in [9.17, 15) is 43.2 Å². The Morgan fingerprint density at radius 1 is 0.269 bits per heavy atom. The van der Waals surface area contributed by atoms with Crippen LogP contribution in [0.15, 0.2) is 122 Å². The average Bonchev–Trinajstić information content (AvgIpc) is 0.899. The maximum Gasteiger partial charge on any atom is 0.472 e. The lowest BCUT2D eigenvalue weighted by molar-refractivity contribution is -0.161. The molecule has 0 spiro atoms. The molecule has 5 unspecified atom stereocenters. The molecule has 0 aromatic heterocycles. The summed E-state index contributed by atoms with van der Waals surface area (Å²) < 4.78 is 68.8. The second-order valence-electron chi connectivity index (χ2n) is 28.4. The zero-order chi connectivity index (χ0) is 78.9. The van der Waals surface area contributed by atoms with E-state index in [4.69, 9.17) is 37.0 Å². The van der Waals surface area contributed by atoms with Gasteiger partial charge < -0.3 is 33.8 Å². The fraction of sp³-hybridized carbons (Fsp3) is 0.730. The van der Waals surface area contributed by atoms with Crippen molar-refractivity contribution >= 4 is 39.5 Å². The molecule has 0 aliphatic rings. The third-order valence-electron chi connectivity index (χ3n) is 17.9. The third-order valence-corrected chi connectivity index (χ3v) is 19.8. The Morgan fingerprint density at radius 2 is 0.481 bits per heavy atom. The predicted molar refractivity (Wildman–Crippen MR) is 445 cm³/mol. The minimum atomic E-state index is -4.99. The zero-order valence-corrected chi connectivity index (χ0v) is 70.0. The molecule has 17 nitrogen and oxygen atoms in total. The van der Waals surface area contributed by atoms with Crippen molar-refractivity contribution in [1.82, 2.24) is 0 Å². The van der Waals surface area contributed by atoms with E-state index in [-0.39, 0.29) is 25.7 Å². The van der Waals surface area contributed by atoms with Crippen LogP contribution >= 0.6 is 15.6 Å². The highest BCUT2D eigenvalue weighted by Crippen LogP contribution is 2.45. The summed E-state index contributed by atoms with van der Waals surface area (Å²) in [7, 11) is -9.98. The van der Waals surface area contributed by atoms with Gasteiger partial charge in [-0.2, -0.15) is 0 Å². The summed E-state index contributed by atoms with van der Waals surface area (Å²) >= 11 is 0. The zero-order valence-electron chi connectivity index (χ0n) is 68.2. The smallest absolute Gasteiger partial charge is 0.462 e. The van der Waals surface area contributed by atoms with Crippen LogP contribution in [0.2, 0.25) is 0 Å². The Hall–Kier alpha value is -4.54. The first kappa shape index (κ1) is 103. The molecule has 0 rings (SSSR count). The molecule has 0 aromatic carbocycles. The van der Waals surface area contributed by atoms with Crippen molar-refractivity contribution in [3.05, 3.63) is 122 Å². The largest absolute Gasteiger partial charge is 0.472 e. The lowest BCUT2D eigenvalue weighted by atomic mass is 10.0. The van der Waals surface area contributed by atoms with Gasteiger partial charge in [-0.05, 0) is 141 Å². The summed E-state index contributed by atoms with van der Waals surface area (Å²) in [5, 5.41) is 10.7. The van der Waals surface area contributed by atoms with Gasteiger partial charge >= 0.3 is 39.5 Å². The first-order valence-electron chi connectivity index (χ1n) is 42.8. The minimum absolute atomic E-state index is 0.0751. The van der Waals surface area contributed by atoms with Gasteiger partial charge in [0.2, 0.25) is 0 Å². The highest BCUT2D eigenvalue weighted by molar-refractivity contribution is 7.47. The van der Waals surface area contributed by atoms with Crippen molar-refractivity contribution in [2.45, 2.75) is 380 Å². The summed E-state index contributed by atoms with van der Waals surface area (Å²) in [6, 6.07) is 0. The number of carbonyl (C=O) groups is 4. The Labute approximate surface area is 657 Å². The van der Waals surface area contributed by atoms with Crippen molar-refractivity contribution in [3.63, 3.8) is 0 Å². The third kappa shape index (κ3) is 79.5. The number of hydrogen-bond acceptors (Lipinski definition) is 15. The van der Waals surface area contributed by atoms with Gasteiger partial charge in [0.25, 0.3) is 0 Å². The number of hydrogen-bond donors (Lipinski definition) is 3. The molecule has 3 N–H and O–H groups in total. The van der Waals surface area contributed by atoms with E-state index in [2.05, 4.69) is 149 Å². The van der Waals surface area contributed by atoms with Crippen LogP contribution < -0.4 is 0 Å². The first-order valence-corrected chi connectivity index (χ1v) is 45.8. The van der Waals surface area contributed by atoms with Crippen molar-refractivity contribution in [2.75, 3.05) is 39.6 Å². The van der Waals surface area contributed by atoms with Crippen LogP contribution in [0.5, 0.6) is 0 Å². The molecule has 0 aromatic rings. The second-order valence-corrected chi connectivity index (χ2v) is 31.3. The molecule has 0 heterocycles. The molecule has 0 amide bonds. The number of unbranched alkanes of at least 4 members (excludes halogenated alkanes) is 34. The first-order chi connectivity index (χ1) is 52.7. The molecule has 0 radical (unpaired) electrons. The van der Waals surface area contributed by atoms with Crippen LogP contribution in [-0.2, 0) is 65.4 Å². The molecule has 108 heavy (non-hydrogen) atoms. The van der Waals surface area contributed by atoms with E-state index in [0.29, 0.717) is 25.7 Å². The molecule has 5 atom stereocenters. The van der Waals surface area contributed by atoms with Gasteiger partial charge in [0.1, 0.15) is 19.3 Å². The number of esters is 4. The maximum absolute atomic E-state index is 13.1. The standard InChI is InChI=1S/C89H154O17P2/c1-5-9-13-17-21-25-29-33-37-39-41-43-47-50-54-58-62-66-70-74-87(92)100-80-85(106-89(94)76-72-68-64-60-56-52-48-44-42-40-38-34-30-26-22-18-14-10-6-2)82-104-108(97,98)102-78-83(90)77-101-107(95,96)103-81-84(105-88(93)75-71-67-63-59-55-51-46-36-32-28-24-20-16-12-8-4)79-99-86(91)73-69-65-61-57-53-49-45-35-31-27-23-19-15-11-7-3/h11,15,21-23,25-27,33-35,37-38,41-45,53,57,83-85,90H,5-10,12-14,16-20,24,28-32,36,39-40,46-52,54-56,58-82H2,1-4H3,(H,95,96)(H,97,98)/b15-11-,25-21-,26-22-,27-23-,37-33-,38-34-,43-41-,44-42-,45-35-,57-53-. The number of allylic oxidation sites excluding steroid dienone is 20. The molecular formula is C89H154O17P2. The van der Waals surface area contributed by atoms with Crippen molar-refractivity contribution in [2.24, 2.45) is 0 Å². The highest BCUT2D eigenvalue weighted by Gasteiger charge is 2.30. The summed E-state index contributed by atoms with van der Waals surface area (Å²) in [6.07, 6.45) is 90.1. The van der Waals surface area contributed by atoms with Gasteiger partial charge in [0.05, 0.1) is 26.4 Å². The number of rotatable bonds is 80. The molecule has 19 heteroatoms. The van der Waals surface area contributed by atoms with Gasteiger partial charge in [0, 0.05) is 25.7 Å². The number of aliphatic hydroxyl groups excluding tert-OH is 1. The van der Waals surface area contributed by atoms with Crippen LogP contribution in [0.3, 0.4) is 0 Å². The molecule has 0 fully saturated rings. The van der Waals surface area contributed by atoms with E-state index < -0.39 is 97.5 Å². The minimum Gasteiger partial charge on any atom is -0.462 e.